The number of carbonyl (C=O) groups is 1. The van der Waals surface area contributed by atoms with Crippen molar-refractivity contribution in [2.45, 2.75) is 38.3 Å². The van der Waals surface area contributed by atoms with Gasteiger partial charge in [0, 0.05) is 23.6 Å². The molecular formula is C26H24N2O. The first-order chi connectivity index (χ1) is 14.0. The Balaban J connectivity index is 1.59. The molecule has 2 unspecified atom stereocenters. The summed E-state index contributed by atoms with van der Waals surface area (Å²) in [6, 6.07) is 23.8. The fraction of sp³-hybridized carbons (Fsp3) is 0.269. The summed E-state index contributed by atoms with van der Waals surface area (Å²) in [7, 11) is 0. The SMILES string of the molecule is CC1(C)CC(=O)N2/C(=C/c3ccccc3)C3Cc4ccc5ccccc5c4C3N21. The van der Waals surface area contributed by atoms with Crippen molar-refractivity contribution >= 4 is 22.8 Å². The zero-order valence-electron chi connectivity index (χ0n) is 16.8. The molecule has 0 spiro atoms. The van der Waals surface area contributed by atoms with E-state index < -0.39 is 0 Å². The predicted molar refractivity (Wildman–Crippen MR) is 116 cm³/mol. The molecule has 3 heteroatoms. The van der Waals surface area contributed by atoms with E-state index >= 15 is 0 Å². The van der Waals surface area contributed by atoms with E-state index in [9.17, 15) is 4.79 Å². The molecule has 2 aliphatic heterocycles. The molecule has 0 saturated carbocycles. The van der Waals surface area contributed by atoms with Gasteiger partial charge in [0.05, 0.1) is 6.04 Å². The smallest absolute Gasteiger partial charge is 0.243 e. The molecule has 1 amide bonds. The largest absolute Gasteiger partial charge is 0.273 e. The van der Waals surface area contributed by atoms with Crippen LogP contribution in [0.4, 0.5) is 0 Å². The molecule has 2 atom stereocenters. The van der Waals surface area contributed by atoms with Crippen LogP contribution in [-0.4, -0.2) is 21.5 Å². The van der Waals surface area contributed by atoms with Crippen LogP contribution in [0.5, 0.6) is 0 Å². The fourth-order valence-electron chi connectivity index (χ4n) is 5.71. The summed E-state index contributed by atoms with van der Waals surface area (Å²) in [5, 5.41) is 7.00. The highest BCUT2D eigenvalue weighted by atomic mass is 16.2. The molecule has 2 saturated heterocycles. The van der Waals surface area contributed by atoms with E-state index in [0.29, 0.717) is 12.3 Å². The van der Waals surface area contributed by atoms with Crippen molar-refractivity contribution in [3.8, 4) is 0 Å². The molecule has 29 heavy (non-hydrogen) atoms. The van der Waals surface area contributed by atoms with Crippen molar-refractivity contribution in [2.24, 2.45) is 5.92 Å². The van der Waals surface area contributed by atoms with E-state index in [-0.39, 0.29) is 17.5 Å². The van der Waals surface area contributed by atoms with Gasteiger partial charge in [0.15, 0.2) is 0 Å². The third-order valence-electron chi connectivity index (χ3n) is 6.84. The van der Waals surface area contributed by atoms with Gasteiger partial charge in [-0.1, -0.05) is 66.7 Å². The molecule has 144 valence electrons. The molecule has 3 nitrogen and oxygen atoms in total. The van der Waals surface area contributed by atoms with Gasteiger partial charge in [-0.25, -0.2) is 5.01 Å². The second-order valence-electron chi connectivity index (χ2n) is 9.13. The number of fused-ring (bicyclic) bond motifs is 7. The van der Waals surface area contributed by atoms with Crippen LogP contribution in [-0.2, 0) is 11.2 Å². The molecule has 0 bridgehead atoms. The maximum Gasteiger partial charge on any atom is 0.243 e. The molecule has 2 heterocycles. The summed E-state index contributed by atoms with van der Waals surface area (Å²) >= 11 is 0. The van der Waals surface area contributed by atoms with Gasteiger partial charge < -0.3 is 0 Å². The lowest BCUT2D eigenvalue weighted by Crippen LogP contribution is -2.43. The number of hydrogen-bond donors (Lipinski definition) is 0. The maximum absolute atomic E-state index is 13.1. The van der Waals surface area contributed by atoms with E-state index in [1.54, 1.807) is 0 Å². The monoisotopic (exact) mass is 380 g/mol. The van der Waals surface area contributed by atoms with Crippen molar-refractivity contribution in [1.82, 2.24) is 10.0 Å². The first-order valence-electron chi connectivity index (χ1n) is 10.4. The summed E-state index contributed by atoms with van der Waals surface area (Å²) < 4.78 is 0. The topological polar surface area (TPSA) is 23.6 Å². The third kappa shape index (κ3) is 2.31. The number of carbonyl (C=O) groups excluding carboxylic acids is 1. The number of amides is 1. The fourth-order valence-corrected chi connectivity index (χ4v) is 5.71. The molecule has 1 aliphatic carbocycles. The van der Waals surface area contributed by atoms with Gasteiger partial charge in [-0.3, -0.25) is 4.79 Å². The molecule has 6 rings (SSSR count). The molecule has 3 aliphatic rings. The molecule has 0 N–H and O–H groups in total. The van der Waals surface area contributed by atoms with Crippen LogP contribution in [0.2, 0.25) is 0 Å². The number of hydrogen-bond acceptors (Lipinski definition) is 2. The van der Waals surface area contributed by atoms with Gasteiger partial charge in [0.1, 0.15) is 0 Å². The highest BCUT2D eigenvalue weighted by molar-refractivity contribution is 5.89. The number of nitrogens with zero attached hydrogens (tertiary/aromatic N) is 2. The van der Waals surface area contributed by atoms with Crippen molar-refractivity contribution in [1.29, 1.82) is 0 Å². The number of rotatable bonds is 1. The normalized spacial score (nSPS) is 26.2. The third-order valence-corrected chi connectivity index (χ3v) is 6.84. The van der Waals surface area contributed by atoms with Crippen LogP contribution in [0.15, 0.2) is 72.4 Å². The Kier molecular flexibility index (Phi) is 3.40. The van der Waals surface area contributed by atoms with Gasteiger partial charge in [-0.2, -0.15) is 5.01 Å². The van der Waals surface area contributed by atoms with Crippen LogP contribution in [0.25, 0.3) is 16.8 Å². The quantitative estimate of drug-likeness (QED) is 0.569. The van der Waals surface area contributed by atoms with Gasteiger partial charge >= 0.3 is 0 Å². The van der Waals surface area contributed by atoms with Crippen LogP contribution in [0, 0.1) is 5.92 Å². The van der Waals surface area contributed by atoms with Gasteiger partial charge in [-0.05, 0) is 53.8 Å². The molecule has 0 aromatic heterocycles. The second-order valence-corrected chi connectivity index (χ2v) is 9.13. The van der Waals surface area contributed by atoms with Crippen molar-refractivity contribution in [3.63, 3.8) is 0 Å². The Bertz CT molecular complexity index is 1180. The summed E-state index contributed by atoms with van der Waals surface area (Å²) in [6.45, 7) is 4.41. The Labute approximate surface area is 171 Å². The van der Waals surface area contributed by atoms with Crippen molar-refractivity contribution in [3.05, 3.63) is 89.1 Å². The lowest BCUT2D eigenvalue weighted by Gasteiger charge is -2.35. The Hall–Kier alpha value is -2.91. The zero-order chi connectivity index (χ0) is 19.8. The van der Waals surface area contributed by atoms with E-state index in [0.717, 1.165) is 17.7 Å². The Morgan fingerprint density at radius 2 is 1.72 bits per heavy atom. The van der Waals surface area contributed by atoms with Gasteiger partial charge in [-0.15, -0.1) is 0 Å². The minimum Gasteiger partial charge on any atom is -0.273 e. The lowest BCUT2D eigenvalue weighted by molar-refractivity contribution is -0.134. The van der Waals surface area contributed by atoms with Crippen LogP contribution < -0.4 is 0 Å². The highest BCUT2D eigenvalue weighted by Crippen LogP contribution is 2.58. The average molecular weight is 380 g/mol. The number of hydrazine groups is 1. The highest BCUT2D eigenvalue weighted by Gasteiger charge is 2.59. The average Bonchev–Trinajstić information content (AvgIpc) is 3.31. The molecular weight excluding hydrogens is 356 g/mol. The van der Waals surface area contributed by atoms with E-state index in [1.165, 1.54) is 21.9 Å². The second kappa shape index (κ2) is 5.80. The van der Waals surface area contributed by atoms with Crippen LogP contribution in [0.3, 0.4) is 0 Å². The molecule has 0 radical (unpaired) electrons. The van der Waals surface area contributed by atoms with Crippen molar-refractivity contribution in [2.75, 3.05) is 0 Å². The molecule has 2 fully saturated rings. The minimum absolute atomic E-state index is 0.190. The molecule has 3 aromatic rings. The standard InChI is InChI=1S/C26H24N2O/c1-26(2)16-23(29)27-22(14-17-8-4-3-5-9-17)21-15-19-13-12-18-10-6-7-11-20(18)24(19)25(21)28(26)27/h3-14,21,25H,15-16H2,1-2H3/b22-14+. The van der Waals surface area contributed by atoms with Crippen LogP contribution in [0.1, 0.15) is 43.0 Å². The summed E-state index contributed by atoms with van der Waals surface area (Å²) in [5.41, 5.74) is 4.95. The Morgan fingerprint density at radius 3 is 2.55 bits per heavy atom. The zero-order valence-corrected chi connectivity index (χ0v) is 16.8. The lowest BCUT2D eigenvalue weighted by atomic mass is 9.91. The maximum atomic E-state index is 13.1. The van der Waals surface area contributed by atoms with E-state index in [1.807, 2.05) is 11.1 Å². The molecule has 3 aromatic carbocycles. The van der Waals surface area contributed by atoms with Crippen LogP contribution >= 0.6 is 0 Å². The predicted octanol–water partition coefficient (Wildman–Crippen LogP) is 5.34. The Morgan fingerprint density at radius 1 is 0.966 bits per heavy atom. The first-order valence-corrected chi connectivity index (χ1v) is 10.4. The van der Waals surface area contributed by atoms with Gasteiger partial charge in [0.2, 0.25) is 5.91 Å². The first kappa shape index (κ1) is 17.0. The van der Waals surface area contributed by atoms with Crippen molar-refractivity contribution < 1.29 is 4.79 Å². The van der Waals surface area contributed by atoms with E-state index in [4.69, 9.17) is 0 Å². The summed E-state index contributed by atoms with van der Waals surface area (Å²) in [6.07, 6.45) is 3.77. The summed E-state index contributed by atoms with van der Waals surface area (Å²) in [5.74, 6) is 0.521. The number of benzene rings is 3. The summed E-state index contributed by atoms with van der Waals surface area (Å²) in [4.78, 5) is 13.1. The van der Waals surface area contributed by atoms with E-state index in [2.05, 4.69) is 85.6 Å². The van der Waals surface area contributed by atoms with Gasteiger partial charge in [0.25, 0.3) is 0 Å². The minimum atomic E-state index is -0.190.